The van der Waals surface area contributed by atoms with E-state index < -0.39 is 12.0 Å². The van der Waals surface area contributed by atoms with E-state index in [-0.39, 0.29) is 11.7 Å². The molecule has 1 fully saturated rings. The third kappa shape index (κ3) is 3.87. The van der Waals surface area contributed by atoms with E-state index in [1.807, 2.05) is 30.3 Å². The summed E-state index contributed by atoms with van der Waals surface area (Å²) < 4.78 is 45.4. The molecule has 3 heterocycles. The van der Waals surface area contributed by atoms with E-state index in [2.05, 4.69) is 20.6 Å². The van der Waals surface area contributed by atoms with E-state index in [1.165, 1.54) is 6.07 Å². The van der Waals surface area contributed by atoms with Crippen LogP contribution in [0, 0.1) is 5.92 Å². The van der Waals surface area contributed by atoms with Crippen molar-refractivity contribution in [2.75, 3.05) is 18.5 Å². The fourth-order valence-electron chi connectivity index (χ4n) is 3.29. The van der Waals surface area contributed by atoms with Gasteiger partial charge in [-0.15, -0.1) is 15.3 Å². The molecular weight excluding hydrogens is 359 g/mol. The van der Waals surface area contributed by atoms with Gasteiger partial charge in [0.05, 0.1) is 6.04 Å². The van der Waals surface area contributed by atoms with Crippen LogP contribution in [0.15, 0.2) is 42.5 Å². The molecule has 0 amide bonds. The molecule has 1 aliphatic rings. The number of hydrogen-bond donors (Lipinski definition) is 1. The summed E-state index contributed by atoms with van der Waals surface area (Å²) in [5.41, 5.74) is 1.10. The van der Waals surface area contributed by atoms with Gasteiger partial charge in [0.15, 0.2) is 5.65 Å². The Morgan fingerprint density at radius 1 is 1.15 bits per heavy atom. The fraction of sp³-hybridized carbons (Fsp3) is 0.389. The van der Waals surface area contributed by atoms with Gasteiger partial charge in [-0.1, -0.05) is 30.3 Å². The molecular formula is C18H18F3N5O. The largest absolute Gasteiger partial charge is 0.453 e. The van der Waals surface area contributed by atoms with Crippen LogP contribution in [0.3, 0.4) is 0 Å². The lowest BCUT2D eigenvalue weighted by molar-refractivity contribution is -0.146. The number of hydrogen-bond acceptors (Lipinski definition) is 5. The molecule has 0 saturated carbocycles. The third-order valence-corrected chi connectivity index (χ3v) is 4.63. The average Bonchev–Trinajstić information content (AvgIpc) is 3.30. The first kappa shape index (κ1) is 17.7. The standard InChI is InChI=1S/C18H18F3N5O/c19-18(20,21)17-24-23-16-7-6-15(25-26(16)17)22-14(10-12-8-9-27-11-12)13-4-2-1-3-5-13/h1-7,12,14H,8-11H2,(H,22,25). The van der Waals surface area contributed by atoms with Crippen LogP contribution in [0.5, 0.6) is 0 Å². The fourth-order valence-corrected chi connectivity index (χ4v) is 3.29. The second kappa shape index (κ2) is 7.15. The zero-order valence-electron chi connectivity index (χ0n) is 14.4. The zero-order valence-corrected chi connectivity index (χ0v) is 14.4. The molecule has 3 aromatic rings. The number of nitrogens with zero attached hydrogens (tertiary/aromatic N) is 4. The molecule has 4 rings (SSSR count). The third-order valence-electron chi connectivity index (χ3n) is 4.63. The predicted molar refractivity (Wildman–Crippen MR) is 92.1 cm³/mol. The smallest absolute Gasteiger partial charge is 0.381 e. The Morgan fingerprint density at radius 3 is 2.67 bits per heavy atom. The van der Waals surface area contributed by atoms with E-state index in [4.69, 9.17) is 4.74 Å². The molecule has 6 nitrogen and oxygen atoms in total. The predicted octanol–water partition coefficient (Wildman–Crippen LogP) is 3.72. The summed E-state index contributed by atoms with van der Waals surface area (Å²) in [5, 5.41) is 14.1. The minimum Gasteiger partial charge on any atom is -0.381 e. The zero-order chi connectivity index (χ0) is 18.9. The van der Waals surface area contributed by atoms with Crippen molar-refractivity contribution in [1.82, 2.24) is 19.8 Å². The first-order valence-corrected chi connectivity index (χ1v) is 8.69. The maximum absolute atomic E-state index is 13.1. The van der Waals surface area contributed by atoms with Crippen molar-refractivity contribution in [2.45, 2.75) is 25.1 Å². The molecule has 1 saturated heterocycles. The summed E-state index contributed by atoms with van der Waals surface area (Å²) in [7, 11) is 0. The minimum absolute atomic E-state index is 0.0494. The van der Waals surface area contributed by atoms with Crippen molar-refractivity contribution in [2.24, 2.45) is 5.92 Å². The first-order valence-electron chi connectivity index (χ1n) is 8.69. The molecule has 0 bridgehead atoms. The van der Waals surface area contributed by atoms with Gasteiger partial charge in [-0.2, -0.15) is 17.7 Å². The Kier molecular flexibility index (Phi) is 4.69. The second-order valence-electron chi connectivity index (χ2n) is 6.58. The Morgan fingerprint density at radius 2 is 1.96 bits per heavy atom. The Balaban J connectivity index is 1.63. The molecule has 0 radical (unpaired) electrons. The average molecular weight is 377 g/mol. The highest BCUT2D eigenvalue weighted by molar-refractivity contribution is 5.45. The van der Waals surface area contributed by atoms with Gasteiger partial charge in [0.2, 0.25) is 0 Å². The lowest BCUT2D eigenvalue weighted by Gasteiger charge is -2.22. The maximum Gasteiger partial charge on any atom is 0.453 e. The van der Waals surface area contributed by atoms with Crippen LogP contribution in [-0.4, -0.2) is 33.0 Å². The van der Waals surface area contributed by atoms with E-state index in [9.17, 15) is 13.2 Å². The molecule has 0 spiro atoms. The summed E-state index contributed by atoms with van der Waals surface area (Å²) in [5.74, 6) is -0.408. The van der Waals surface area contributed by atoms with Crippen molar-refractivity contribution in [3.8, 4) is 0 Å². The molecule has 2 aromatic heterocycles. The summed E-state index contributed by atoms with van der Waals surface area (Å²) in [6.45, 7) is 1.44. The van der Waals surface area contributed by atoms with Gasteiger partial charge in [-0.25, -0.2) is 0 Å². The summed E-state index contributed by atoms with van der Waals surface area (Å²) >= 11 is 0. The molecule has 2 unspecified atom stereocenters. The molecule has 27 heavy (non-hydrogen) atoms. The van der Waals surface area contributed by atoms with E-state index >= 15 is 0 Å². The summed E-state index contributed by atoms with van der Waals surface area (Å²) in [4.78, 5) is 0. The topological polar surface area (TPSA) is 64.3 Å². The highest BCUT2D eigenvalue weighted by atomic mass is 19.4. The van der Waals surface area contributed by atoms with Crippen LogP contribution in [-0.2, 0) is 10.9 Å². The maximum atomic E-state index is 13.1. The van der Waals surface area contributed by atoms with E-state index in [1.54, 1.807) is 6.07 Å². The monoisotopic (exact) mass is 377 g/mol. The number of halogens is 3. The van der Waals surface area contributed by atoms with Gasteiger partial charge >= 0.3 is 6.18 Å². The Hall–Kier alpha value is -2.68. The Bertz CT molecular complexity index is 906. The number of rotatable bonds is 5. The van der Waals surface area contributed by atoms with Gasteiger partial charge < -0.3 is 10.1 Å². The number of nitrogens with one attached hydrogen (secondary N) is 1. The second-order valence-corrected chi connectivity index (χ2v) is 6.58. The molecule has 1 N–H and O–H groups in total. The summed E-state index contributed by atoms with van der Waals surface area (Å²) in [6.07, 6.45) is -2.84. The van der Waals surface area contributed by atoms with Gasteiger partial charge in [0, 0.05) is 13.2 Å². The van der Waals surface area contributed by atoms with Crippen molar-refractivity contribution < 1.29 is 17.9 Å². The molecule has 2 atom stereocenters. The van der Waals surface area contributed by atoms with Crippen LogP contribution in [0.4, 0.5) is 19.0 Å². The van der Waals surface area contributed by atoms with Crippen molar-refractivity contribution in [3.63, 3.8) is 0 Å². The normalized spacial score (nSPS) is 18.7. The number of benzene rings is 1. The van der Waals surface area contributed by atoms with Crippen molar-refractivity contribution in [1.29, 1.82) is 0 Å². The highest BCUT2D eigenvalue weighted by Gasteiger charge is 2.37. The highest BCUT2D eigenvalue weighted by Crippen LogP contribution is 2.30. The Labute approximate surface area is 153 Å². The van der Waals surface area contributed by atoms with Gasteiger partial charge in [0.25, 0.3) is 5.82 Å². The number of ether oxygens (including phenoxy) is 1. The number of aromatic nitrogens is 4. The van der Waals surface area contributed by atoms with Gasteiger partial charge in [-0.05, 0) is 36.5 Å². The lowest BCUT2D eigenvalue weighted by atomic mass is 9.94. The van der Waals surface area contributed by atoms with Crippen LogP contribution < -0.4 is 5.32 Å². The minimum atomic E-state index is -4.62. The molecule has 1 aliphatic heterocycles. The van der Waals surface area contributed by atoms with Crippen LogP contribution in [0.25, 0.3) is 5.65 Å². The lowest BCUT2D eigenvalue weighted by Crippen LogP contribution is -2.18. The van der Waals surface area contributed by atoms with Crippen LogP contribution >= 0.6 is 0 Å². The van der Waals surface area contributed by atoms with Crippen LogP contribution in [0.1, 0.15) is 30.3 Å². The number of anilines is 1. The van der Waals surface area contributed by atoms with E-state index in [0.29, 0.717) is 18.3 Å². The molecule has 9 heteroatoms. The molecule has 1 aromatic carbocycles. The van der Waals surface area contributed by atoms with Crippen molar-refractivity contribution >= 4 is 11.5 Å². The number of fused-ring (bicyclic) bond motifs is 1. The molecule has 142 valence electrons. The van der Waals surface area contributed by atoms with Gasteiger partial charge in [0.1, 0.15) is 5.82 Å². The van der Waals surface area contributed by atoms with Crippen LogP contribution in [0.2, 0.25) is 0 Å². The van der Waals surface area contributed by atoms with E-state index in [0.717, 1.165) is 29.5 Å². The molecule has 0 aliphatic carbocycles. The quantitative estimate of drug-likeness (QED) is 0.734. The SMILES string of the molecule is FC(F)(F)c1nnc2ccc(NC(CC3CCOC3)c3ccccc3)nn12. The first-order chi connectivity index (χ1) is 13.0. The summed E-state index contributed by atoms with van der Waals surface area (Å²) in [6, 6.07) is 12.8. The number of alkyl halides is 3. The van der Waals surface area contributed by atoms with Gasteiger partial charge in [-0.3, -0.25) is 0 Å². The van der Waals surface area contributed by atoms with Crippen molar-refractivity contribution in [3.05, 3.63) is 53.9 Å².